The first kappa shape index (κ1) is 14.0. The van der Waals surface area contributed by atoms with Crippen LogP contribution in [0.15, 0.2) is 12.4 Å². The Morgan fingerprint density at radius 2 is 1.95 bits per heavy atom. The van der Waals surface area contributed by atoms with Gasteiger partial charge in [-0.1, -0.05) is 6.42 Å². The Kier molecular flexibility index (Phi) is 3.19. The Hall–Kier alpha value is -1.98. The van der Waals surface area contributed by atoms with Crippen molar-refractivity contribution in [1.29, 1.82) is 0 Å². The van der Waals surface area contributed by atoms with Crippen LogP contribution in [0.4, 0.5) is 0 Å². The molecule has 0 saturated heterocycles. The van der Waals surface area contributed by atoms with E-state index in [0.29, 0.717) is 38.1 Å². The monoisotopic (exact) mass is 289 g/mol. The van der Waals surface area contributed by atoms with Crippen molar-refractivity contribution in [3.63, 3.8) is 0 Å². The van der Waals surface area contributed by atoms with E-state index in [2.05, 4.69) is 15.3 Å². The minimum atomic E-state index is -0.822. The molecule has 1 aromatic rings. The number of amides is 1. The molecule has 112 valence electrons. The first-order valence-corrected chi connectivity index (χ1v) is 7.29. The Bertz CT molecular complexity index is 586. The summed E-state index contributed by atoms with van der Waals surface area (Å²) >= 11 is 0. The third-order valence-corrected chi connectivity index (χ3v) is 4.91. The minimum absolute atomic E-state index is 0.116. The van der Waals surface area contributed by atoms with Gasteiger partial charge in [0.2, 0.25) is 5.91 Å². The van der Waals surface area contributed by atoms with E-state index >= 15 is 0 Å². The lowest BCUT2D eigenvalue weighted by Crippen LogP contribution is -2.36. The van der Waals surface area contributed by atoms with Gasteiger partial charge in [-0.05, 0) is 31.7 Å². The van der Waals surface area contributed by atoms with Crippen LogP contribution in [-0.2, 0) is 16.0 Å². The Morgan fingerprint density at radius 1 is 1.29 bits per heavy atom. The van der Waals surface area contributed by atoms with Gasteiger partial charge in [0, 0.05) is 25.4 Å². The maximum absolute atomic E-state index is 12.3. The second kappa shape index (κ2) is 4.79. The zero-order chi connectivity index (χ0) is 15.1. The number of aliphatic carboxylic acids is 1. The summed E-state index contributed by atoms with van der Waals surface area (Å²) in [6.07, 6.45) is 6.67. The molecular weight excluding hydrogens is 270 g/mol. The first-order chi connectivity index (χ1) is 10.0. The van der Waals surface area contributed by atoms with Crippen LogP contribution in [0.1, 0.15) is 37.1 Å². The lowest BCUT2D eigenvalue weighted by atomic mass is 9.95. The van der Waals surface area contributed by atoms with Crippen molar-refractivity contribution >= 4 is 11.9 Å². The molecular formula is C15H19N3O3. The van der Waals surface area contributed by atoms with Crippen LogP contribution in [0.25, 0.3) is 0 Å². The van der Waals surface area contributed by atoms with Crippen molar-refractivity contribution in [3.8, 4) is 0 Å². The molecule has 0 aromatic carbocycles. The molecule has 1 amide bonds. The smallest absolute Gasteiger partial charge is 0.310 e. The fourth-order valence-electron chi connectivity index (χ4n) is 3.62. The predicted octanol–water partition coefficient (Wildman–Crippen LogP) is 1.09. The molecule has 1 aromatic heterocycles. The normalized spacial score (nSPS) is 29.8. The summed E-state index contributed by atoms with van der Waals surface area (Å²) in [5.74, 6) is -0.253. The Morgan fingerprint density at radius 3 is 2.57 bits per heavy atom. The molecule has 0 radical (unpaired) electrons. The van der Waals surface area contributed by atoms with Gasteiger partial charge in [0.15, 0.2) is 0 Å². The van der Waals surface area contributed by atoms with Crippen molar-refractivity contribution in [2.24, 2.45) is 10.8 Å². The SMILES string of the molecule is Cc1cnc(CCNC(=O)[C@@]23CCC[C@]2(C(=O)O)C3)nc1. The molecule has 0 spiro atoms. The number of carbonyl (C=O) groups is 2. The highest BCUT2D eigenvalue weighted by atomic mass is 16.4. The van der Waals surface area contributed by atoms with Gasteiger partial charge in [-0.3, -0.25) is 9.59 Å². The number of carbonyl (C=O) groups excluding carboxylic acids is 1. The molecule has 6 heteroatoms. The largest absolute Gasteiger partial charge is 0.481 e. The van der Waals surface area contributed by atoms with Crippen LogP contribution in [0.5, 0.6) is 0 Å². The molecule has 0 bridgehead atoms. The second-order valence-corrected chi connectivity index (χ2v) is 6.18. The number of carboxylic acids is 1. The molecule has 0 aliphatic heterocycles. The van der Waals surface area contributed by atoms with E-state index < -0.39 is 16.8 Å². The number of hydrogen-bond acceptors (Lipinski definition) is 4. The van der Waals surface area contributed by atoms with Gasteiger partial charge >= 0.3 is 5.97 Å². The van der Waals surface area contributed by atoms with Crippen molar-refractivity contribution in [1.82, 2.24) is 15.3 Å². The Labute approximate surface area is 123 Å². The molecule has 2 N–H and O–H groups in total. The van der Waals surface area contributed by atoms with E-state index in [4.69, 9.17) is 0 Å². The van der Waals surface area contributed by atoms with Crippen molar-refractivity contribution in [2.75, 3.05) is 6.54 Å². The standard InChI is InChI=1S/C15H19N3O3/c1-10-7-17-11(18-8-10)3-6-16-12(19)14-4-2-5-15(14,9-14)13(20)21/h7-8H,2-6,9H2,1H3,(H,16,19)(H,20,21)/t14-,15+/m0/s1. The predicted molar refractivity (Wildman–Crippen MR) is 74.5 cm³/mol. The number of hydrogen-bond donors (Lipinski definition) is 2. The van der Waals surface area contributed by atoms with Crippen LogP contribution in [0.3, 0.4) is 0 Å². The summed E-state index contributed by atoms with van der Waals surface area (Å²) in [6.45, 7) is 2.36. The van der Waals surface area contributed by atoms with Crippen LogP contribution < -0.4 is 5.32 Å². The maximum atomic E-state index is 12.3. The number of fused-ring (bicyclic) bond motifs is 1. The average Bonchev–Trinajstić information content (AvgIpc) is 2.99. The first-order valence-electron chi connectivity index (χ1n) is 7.29. The summed E-state index contributed by atoms with van der Waals surface area (Å²) in [5, 5.41) is 12.2. The topological polar surface area (TPSA) is 92.2 Å². The van der Waals surface area contributed by atoms with Crippen LogP contribution in [0, 0.1) is 17.8 Å². The summed E-state index contributed by atoms with van der Waals surface area (Å²) in [7, 11) is 0. The number of carboxylic acid groups (broad SMARTS) is 1. The third kappa shape index (κ3) is 2.09. The zero-order valence-corrected chi connectivity index (χ0v) is 12.1. The molecule has 1 heterocycles. The lowest BCUT2D eigenvalue weighted by molar-refractivity contribution is -0.146. The maximum Gasteiger partial charge on any atom is 0.310 e. The van der Waals surface area contributed by atoms with Gasteiger partial charge in [-0.25, -0.2) is 9.97 Å². The molecule has 2 fully saturated rings. The molecule has 2 saturated carbocycles. The van der Waals surface area contributed by atoms with Crippen molar-refractivity contribution in [3.05, 3.63) is 23.8 Å². The molecule has 6 nitrogen and oxygen atoms in total. The van der Waals surface area contributed by atoms with E-state index in [9.17, 15) is 14.7 Å². The fraction of sp³-hybridized carbons (Fsp3) is 0.600. The van der Waals surface area contributed by atoms with E-state index in [-0.39, 0.29) is 5.91 Å². The number of nitrogens with zero attached hydrogens (tertiary/aromatic N) is 2. The molecule has 21 heavy (non-hydrogen) atoms. The van der Waals surface area contributed by atoms with E-state index in [1.54, 1.807) is 12.4 Å². The van der Waals surface area contributed by atoms with Crippen molar-refractivity contribution in [2.45, 2.75) is 39.0 Å². The van der Waals surface area contributed by atoms with E-state index in [0.717, 1.165) is 12.0 Å². The quantitative estimate of drug-likeness (QED) is 0.846. The lowest BCUT2D eigenvalue weighted by Gasteiger charge is -2.14. The van der Waals surface area contributed by atoms with E-state index in [1.165, 1.54) is 0 Å². The number of rotatable bonds is 5. The molecule has 0 unspecified atom stereocenters. The number of aryl methyl sites for hydroxylation is 1. The molecule has 2 aliphatic carbocycles. The average molecular weight is 289 g/mol. The van der Waals surface area contributed by atoms with Crippen LogP contribution >= 0.6 is 0 Å². The van der Waals surface area contributed by atoms with Gasteiger partial charge in [0.1, 0.15) is 5.82 Å². The highest BCUT2D eigenvalue weighted by Gasteiger charge is 2.77. The van der Waals surface area contributed by atoms with Gasteiger partial charge in [0.05, 0.1) is 10.8 Å². The summed E-state index contributed by atoms with van der Waals surface area (Å²) in [5.41, 5.74) is -0.457. The second-order valence-electron chi connectivity index (χ2n) is 6.18. The van der Waals surface area contributed by atoms with E-state index in [1.807, 2.05) is 6.92 Å². The third-order valence-electron chi connectivity index (χ3n) is 4.91. The van der Waals surface area contributed by atoms with Crippen molar-refractivity contribution < 1.29 is 14.7 Å². The Balaban J connectivity index is 1.56. The van der Waals surface area contributed by atoms with Gasteiger partial charge in [-0.15, -0.1) is 0 Å². The summed E-state index contributed by atoms with van der Waals surface area (Å²) in [4.78, 5) is 32.1. The number of nitrogens with one attached hydrogen (secondary N) is 1. The summed E-state index contributed by atoms with van der Waals surface area (Å²) < 4.78 is 0. The fourth-order valence-corrected chi connectivity index (χ4v) is 3.62. The van der Waals surface area contributed by atoms with Crippen LogP contribution in [-0.4, -0.2) is 33.5 Å². The van der Waals surface area contributed by atoms with Gasteiger partial charge in [0.25, 0.3) is 0 Å². The van der Waals surface area contributed by atoms with Gasteiger partial charge < -0.3 is 10.4 Å². The molecule has 3 rings (SSSR count). The highest BCUT2D eigenvalue weighted by Crippen LogP contribution is 2.73. The minimum Gasteiger partial charge on any atom is -0.481 e. The van der Waals surface area contributed by atoms with Gasteiger partial charge in [-0.2, -0.15) is 0 Å². The van der Waals surface area contributed by atoms with Crippen LogP contribution in [0.2, 0.25) is 0 Å². The zero-order valence-electron chi connectivity index (χ0n) is 12.1. The highest BCUT2D eigenvalue weighted by molar-refractivity contribution is 5.97. The molecule has 2 atom stereocenters. The molecule has 2 aliphatic rings. The number of aromatic nitrogens is 2. The summed E-state index contributed by atoms with van der Waals surface area (Å²) in [6, 6.07) is 0.